The van der Waals surface area contributed by atoms with Crippen molar-refractivity contribution in [1.29, 1.82) is 0 Å². The van der Waals surface area contributed by atoms with E-state index in [2.05, 4.69) is 53.6 Å². The summed E-state index contributed by atoms with van der Waals surface area (Å²) >= 11 is 5.33. The van der Waals surface area contributed by atoms with Gasteiger partial charge < -0.3 is 5.32 Å². The van der Waals surface area contributed by atoms with Crippen LogP contribution in [0.25, 0.3) is 11.4 Å². The highest BCUT2D eigenvalue weighted by Crippen LogP contribution is 2.19. The van der Waals surface area contributed by atoms with E-state index in [9.17, 15) is 4.79 Å². The summed E-state index contributed by atoms with van der Waals surface area (Å²) < 4.78 is 2.17. The molecule has 0 spiro atoms. The summed E-state index contributed by atoms with van der Waals surface area (Å²) in [6.07, 6.45) is 0.816. The van der Waals surface area contributed by atoms with Gasteiger partial charge in [0.15, 0.2) is 10.6 Å². The number of nitrogens with zero attached hydrogens (tertiary/aromatic N) is 2. The van der Waals surface area contributed by atoms with Crippen molar-refractivity contribution in [1.82, 2.24) is 20.1 Å². The van der Waals surface area contributed by atoms with Gasteiger partial charge in [-0.05, 0) is 38.0 Å². The summed E-state index contributed by atoms with van der Waals surface area (Å²) in [5.41, 5.74) is 4.39. The Balaban J connectivity index is 1.78. The number of aromatic amines is 1. The molecule has 0 saturated heterocycles. The summed E-state index contributed by atoms with van der Waals surface area (Å²) in [5.74, 6) is 0.576. The van der Waals surface area contributed by atoms with Crippen LogP contribution in [0, 0.1) is 18.6 Å². The molecular formula is C21H24N4OS. The number of aryl methyl sites for hydroxylation is 2. The van der Waals surface area contributed by atoms with Crippen molar-refractivity contribution in [2.75, 3.05) is 0 Å². The Bertz CT molecular complexity index is 971. The molecule has 0 bridgehead atoms. The molecule has 1 atom stereocenters. The molecule has 1 heterocycles. The molecule has 0 saturated carbocycles. The lowest BCUT2D eigenvalue weighted by Gasteiger charge is -2.18. The van der Waals surface area contributed by atoms with E-state index in [0.29, 0.717) is 10.6 Å². The van der Waals surface area contributed by atoms with E-state index in [1.165, 1.54) is 11.1 Å². The minimum absolute atomic E-state index is 0.0259. The highest BCUT2D eigenvalue weighted by Gasteiger charge is 2.16. The zero-order valence-corrected chi connectivity index (χ0v) is 16.6. The fourth-order valence-corrected chi connectivity index (χ4v) is 3.19. The van der Waals surface area contributed by atoms with Gasteiger partial charge in [0.2, 0.25) is 5.91 Å². The molecule has 3 aromatic rings. The average molecular weight is 381 g/mol. The first-order valence-electron chi connectivity index (χ1n) is 9.06. The second-order valence-electron chi connectivity index (χ2n) is 6.74. The molecule has 140 valence electrons. The van der Waals surface area contributed by atoms with Crippen LogP contribution < -0.4 is 5.32 Å². The van der Waals surface area contributed by atoms with E-state index in [-0.39, 0.29) is 18.5 Å². The Labute approximate surface area is 164 Å². The van der Waals surface area contributed by atoms with Gasteiger partial charge in [-0.15, -0.1) is 0 Å². The topological polar surface area (TPSA) is 62.7 Å². The van der Waals surface area contributed by atoms with Crippen LogP contribution in [-0.2, 0) is 11.3 Å². The first-order valence-corrected chi connectivity index (χ1v) is 9.47. The summed E-state index contributed by atoms with van der Waals surface area (Å²) in [6, 6.07) is 16.2. The SMILES string of the molecule is CCC(NC(=O)Cn1c(-c2ccc(C)cc2)n[nH]c1=S)c1ccc(C)cc1. The zero-order chi connectivity index (χ0) is 19.4. The number of aromatic nitrogens is 3. The smallest absolute Gasteiger partial charge is 0.240 e. The monoisotopic (exact) mass is 380 g/mol. The predicted octanol–water partition coefficient (Wildman–Crippen LogP) is 4.49. The highest BCUT2D eigenvalue weighted by molar-refractivity contribution is 7.71. The van der Waals surface area contributed by atoms with Gasteiger partial charge in [-0.25, -0.2) is 0 Å². The molecule has 27 heavy (non-hydrogen) atoms. The number of benzene rings is 2. The van der Waals surface area contributed by atoms with Gasteiger partial charge in [0.25, 0.3) is 0 Å². The fraction of sp³-hybridized carbons (Fsp3) is 0.286. The molecule has 3 rings (SSSR count). The van der Waals surface area contributed by atoms with Gasteiger partial charge in [-0.1, -0.05) is 66.6 Å². The third kappa shape index (κ3) is 4.52. The van der Waals surface area contributed by atoms with Crippen molar-refractivity contribution in [3.8, 4) is 11.4 Å². The Morgan fingerprint density at radius 3 is 2.30 bits per heavy atom. The van der Waals surface area contributed by atoms with Crippen molar-refractivity contribution in [3.63, 3.8) is 0 Å². The van der Waals surface area contributed by atoms with Gasteiger partial charge in [-0.3, -0.25) is 14.5 Å². The minimum atomic E-state index is -0.0895. The zero-order valence-electron chi connectivity index (χ0n) is 15.8. The van der Waals surface area contributed by atoms with Gasteiger partial charge >= 0.3 is 0 Å². The molecule has 1 unspecified atom stereocenters. The fourth-order valence-electron chi connectivity index (χ4n) is 2.99. The summed E-state index contributed by atoms with van der Waals surface area (Å²) in [5, 5.41) is 10.2. The van der Waals surface area contributed by atoms with E-state index < -0.39 is 0 Å². The molecule has 0 aliphatic heterocycles. The standard InChI is InChI=1S/C21H24N4OS/c1-4-18(16-9-5-14(2)6-10-16)22-19(26)13-25-20(23-24-21(25)27)17-11-7-15(3)8-12-17/h5-12,18H,4,13H2,1-3H3,(H,22,26)(H,24,27). The van der Waals surface area contributed by atoms with Crippen molar-refractivity contribution >= 4 is 18.1 Å². The Morgan fingerprint density at radius 1 is 1.11 bits per heavy atom. The van der Waals surface area contributed by atoms with Crippen molar-refractivity contribution in [2.45, 2.75) is 39.8 Å². The van der Waals surface area contributed by atoms with Crippen LogP contribution in [0.4, 0.5) is 0 Å². The first-order chi connectivity index (χ1) is 13.0. The van der Waals surface area contributed by atoms with Crippen LogP contribution in [0.3, 0.4) is 0 Å². The van der Waals surface area contributed by atoms with Gasteiger partial charge in [0.05, 0.1) is 6.04 Å². The normalized spacial score (nSPS) is 12.0. The van der Waals surface area contributed by atoms with Crippen molar-refractivity contribution in [2.24, 2.45) is 0 Å². The second kappa shape index (κ2) is 8.31. The van der Waals surface area contributed by atoms with Crippen LogP contribution in [0.5, 0.6) is 0 Å². The molecule has 0 fully saturated rings. The predicted molar refractivity (Wildman–Crippen MR) is 110 cm³/mol. The molecule has 6 heteroatoms. The van der Waals surface area contributed by atoms with E-state index in [0.717, 1.165) is 17.5 Å². The summed E-state index contributed by atoms with van der Waals surface area (Å²) in [4.78, 5) is 12.7. The molecule has 0 radical (unpaired) electrons. The molecule has 2 N–H and O–H groups in total. The van der Waals surface area contributed by atoms with E-state index >= 15 is 0 Å². The maximum Gasteiger partial charge on any atom is 0.240 e. The number of rotatable bonds is 6. The Morgan fingerprint density at radius 2 is 1.70 bits per heavy atom. The molecule has 0 aliphatic carbocycles. The molecule has 1 aromatic heterocycles. The lowest BCUT2D eigenvalue weighted by molar-refractivity contribution is -0.122. The average Bonchev–Trinajstić information content (AvgIpc) is 3.02. The van der Waals surface area contributed by atoms with E-state index in [1.54, 1.807) is 4.57 Å². The summed E-state index contributed by atoms with van der Waals surface area (Å²) in [7, 11) is 0. The Hall–Kier alpha value is -2.73. The number of carbonyl (C=O) groups is 1. The van der Waals surface area contributed by atoms with Crippen LogP contribution in [0.15, 0.2) is 48.5 Å². The number of hydrogen-bond donors (Lipinski definition) is 2. The number of nitrogens with one attached hydrogen (secondary N) is 2. The Kier molecular flexibility index (Phi) is 5.86. The lowest BCUT2D eigenvalue weighted by atomic mass is 10.0. The van der Waals surface area contributed by atoms with Crippen LogP contribution in [0.1, 0.15) is 36.1 Å². The molecule has 2 aromatic carbocycles. The lowest BCUT2D eigenvalue weighted by Crippen LogP contribution is -2.31. The highest BCUT2D eigenvalue weighted by atomic mass is 32.1. The molecule has 1 amide bonds. The van der Waals surface area contributed by atoms with Gasteiger partial charge in [0.1, 0.15) is 6.54 Å². The third-order valence-electron chi connectivity index (χ3n) is 4.59. The maximum atomic E-state index is 12.7. The van der Waals surface area contributed by atoms with E-state index in [1.807, 2.05) is 31.2 Å². The molecular weight excluding hydrogens is 356 g/mol. The first kappa shape index (κ1) is 19.0. The maximum absolute atomic E-state index is 12.7. The minimum Gasteiger partial charge on any atom is -0.348 e. The van der Waals surface area contributed by atoms with Gasteiger partial charge in [0, 0.05) is 5.56 Å². The number of hydrogen-bond acceptors (Lipinski definition) is 3. The van der Waals surface area contributed by atoms with Crippen LogP contribution in [0.2, 0.25) is 0 Å². The number of H-pyrrole nitrogens is 1. The largest absolute Gasteiger partial charge is 0.348 e. The van der Waals surface area contributed by atoms with Crippen LogP contribution >= 0.6 is 12.2 Å². The third-order valence-corrected chi connectivity index (χ3v) is 4.90. The molecule has 0 aliphatic rings. The van der Waals surface area contributed by atoms with Crippen LogP contribution in [-0.4, -0.2) is 20.7 Å². The second-order valence-corrected chi connectivity index (χ2v) is 7.13. The molecule has 5 nitrogen and oxygen atoms in total. The van der Waals surface area contributed by atoms with E-state index in [4.69, 9.17) is 12.2 Å². The van der Waals surface area contributed by atoms with Gasteiger partial charge in [-0.2, -0.15) is 5.10 Å². The quantitative estimate of drug-likeness (QED) is 0.619. The number of carbonyl (C=O) groups excluding carboxylic acids is 1. The summed E-state index contributed by atoms with van der Waals surface area (Å²) in [6.45, 7) is 6.27. The van der Waals surface area contributed by atoms with Crippen molar-refractivity contribution < 1.29 is 4.79 Å². The number of amides is 1. The van der Waals surface area contributed by atoms with Crippen molar-refractivity contribution in [3.05, 3.63) is 70.0 Å².